The summed E-state index contributed by atoms with van der Waals surface area (Å²) < 4.78 is 8.33. The molecule has 36 heavy (non-hydrogen) atoms. The van der Waals surface area contributed by atoms with Gasteiger partial charge in [-0.3, -0.25) is 14.9 Å². The average molecular weight is 480 g/mol. The SMILES string of the molecule is CN(CCN(Cc1ccccn1)Cc1ccccn1)c1ccc2nc3ccc(=[N+](C)C)cc-3oc2c1. The summed E-state index contributed by atoms with van der Waals surface area (Å²) in [7, 11) is 6.15. The Labute approximate surface area is 211 Å². The molecule has 0 amide bonds. The highest BCUT2D eigenvalue weighted by Crippen LogP contribution is 2.26. The predicted octanol–water partition coefficient (Wildman–Crippen LogP) is 3.89. The van der Waals surface area contributed by atoms with Crippen LogP contribution in [0, 0.1) is 0 Å². The molecule has 0 bridgehead atoms. The first-order valence-corrected chi connectivity index (χ1v) is 12.1. The minimum absolute atomic E-state index is 0.766. The molecule has 5 rings (SSSR count). The van der Waals surface area contributed by atoms with Crippen molar-refractivity contribution in [1.82, 2.24) is 24.4 Å². The Balaban J connectivity index is 1.35. The molecule has 1 aromatic carbocycles. The van der Waals surface area contributed by atoms with E-state index in [1.807, 2.05) is 69.0 Å². The van der Waals surface area contributed by atoms with Crippen molar-refractivity contribution in [2.45, 2.75) is 13.1 Å². The first-order valence-electron chi connectivity index (χ1n) is 12.1. The lowest BCUT2D eigenvalue weighted by atomic mass is 10.2. The van der Waals surface area contributed by atoms with Crippen LogP contribution in [0.15, 0.2) is 89.6 Å². The third-order valence-corrected chi connectivity index (χ3v) is 6.28. The number of hydrogen-bond donors (Lipinski definition) is 0. The van der Waals surface area contributed by atoms with E-state index in [-0.39, 0.29) is 0 Å². The molecule has 0 saturated heterocycles. The van der Waals surface area contributed by atoms with Crippen LogP contribution in [0.4, 0.5) is 5.69 Å². The Morgan fingerprint density at radius 3 is 2.17 bits per heavy atom. The summed E-state index contributed by atoms with van der Waals surface area (Å²) in [6.07, 6.45) is 3.69. The van der Waals surface area contributed by atoms with Crippen molar-refractivity contribution in [2.24, 2.45) is 0 Å². The fraction of sp³-hybridized carbons (Fsp3) is 0.241. The van der Waals surface area contributed by atoms with E-state index in [0.717, 1.165) is 71.2 Å². The van der Waals surface area contributed by atoms with Gasteiger partial charge in [0.15, 0.2) is 11.3 Å². The molecule has 0 fully saturated rings. The summed E-state index contributed by atoms with van der Waals surface area (Å²) in [5, 5.41) is 1.08. The smallest absolute Gasteiger partial charge is 0.203 e. The topological polar surface area (TPSA) is 61.3 Å². The van der Waals surface area contributed by atoms with Crippen LogP contribution < -0.4 is 14.8 Å². The van der Waals surface area contributed by atoms with Crippen LogP contribution in [0.25, 0.3) is 22.6 Å². The number of pyridine rings is 2. The Morgan fingerprint density at radius 2 is 1.53 bits per heavy atom. The Morgan fingerprint density at radius 1 is 0.806 bits per heavy atom. The van der Waals surface area contributed by atoms with Gasteiger partial charge in [-0.25, -0.2) is 9.56 Å². The van der Waals surface area contributed by atoms with E-state index in [0.29, 0.717) is 0 Å². The second-order valence-corrected chi connectivity index (χ2v) is 9.19. The van der Waals surface area contributed by atoms with Crippen LogP contribution in [-0.4, -0.2) is 54.1 Å². The van der Waals surface area contributed by atoms with Crippen molar-refractivity contribution in [3.63, 3.8) is 0 Å². The zero-order valence-electron chi connectivity index (χ0n) is 21.0. The molecule has 1 aliphatic heterocycles. The normalized spacial score (nSPS) is 11.3. The summed E-state index contributed by atoms with van der Waals surface area (Å²) >= 11 is 0. The maximum atomic E-state index is 6.27. The lowest BCUT2D eigenvalue weighted by Crippen LogP contribution is -2.33. The number of fused-ring (bicyclic) bond motifs is 2. The maximum Gasteiger partial charge on any atom is 0.203 e. The zero-order valence-corrected chi connectivity index (χ0v) is 21.0. The minimum atomic E-state index is 0.766. The zero-order chi connectivity index (χ0) is 24.9. The molecular formula is C29H31N6O+. The standard InChI is InChI=1S/C29H31N6O/c1-33(2)24-10-12-26-28(18-24)36-29-19-25(11-13-27(29)32-26)34(3)16-17-35(20-22-8-4-6-14-30-22)21-23-9-5-7-15-31-23/h4-15,18-19H,16-17,20-21H2,1-3H3/q+1. The third-order valence-electron chi connectivity index (χ3n) is 6.28. The first-order chi connectivity index (χ1) is 17.5. The summed E-state index contributed by atoms with van der Waals surface area (Å²) in [5.41, 5.74) is 5.68. The highest BCUT2D eigenvalue weighted by Gasteiger charge is 2.14. The van der Waals surface area contributed by atoms with Gasteiger partial charge in [0.1, 0.15) is 25.3 Å². The lowest BCUT2D eigenvalue weighted by Gasteiger charge is -2.26. The van der Waals surface area contributed by atoms with E-state index >= 15 is 0 Å². The van der Waals surface area contributed by atoms with E-state index in [1.165, 1.54) is 0 Å². The Hall–Kier alpha value is -4.10. The monoisotopic (exact) mass is 479 g/mol. The minimum Gasteiger partial charge on any atom is -0.452 e. The van der Waals surface area contributed by atoms with Gasteiger partial charge in [-0.15, -0.1) is 0 Å². The van der Waals surface area contributed by atoms with Crippen molar-refractivity contribution in [3.05, 3.63) is 102 Å². The van der Waals surface area contributed by atoms with Crippen LogP contribution in [0.2, 0.25) is 0 Å². The molecular weight excluding hydrogens is 448 g/mol. The predicted molar refractivity (Wildman–Crippen MR) is 144 cm³/mol. The van der Waals surface area contributed by atoms with E-state index in [9.17, 15) is 0 Å². The van der Waals surface area contributed by atoms with Crippen molar-refractivity contribution >= 4 is 16.8 Å². The van der Waals surface area contributed by atoms with Crippen LogP contribution in [0.5, 0.6) is 0 Å². The fourth-order valence-electron chi connectivity index (χ4n) is 4.19. The third kappa shape index (κ3) is 5.58. The van der Waals surface area contributed by atoms with E-state index in [2.05, 4.69) is 61.7 Å². The van der Waals surface area contributed by atoms with Gasteiger partial charge >= 0.3 is 0 Å². The molecule has 2 aromatic heterocycles. The van der Waals surface area contributed by atoms with Gasteiger partial charge in [0.2, 0.25) is 5.36 Å². The molecule has 3 aromatic rings. The number of anilines is 1. The molecule has 1 aliphatic carbocycles. The van der Waals surface area contributed by atoms with Crippen LogP contribution in [0.1, 0.15) is 11.4 Å². The van der Waals surface area contributed by atoms with Gasteiger partial charge in [0.25, 0.3) is 0 Å². The van der Waals surface area contributed by atoms with E-state index < -0.39 is 0 Å². The molecule has 0 spiro atoms. The second kappa shape index (κ2) is 10.7. The summed E-state index contributed by atoms with van der Waals surface area (Å²) in [6.45, 7) is 3.24. The number of benzene rings is 2. The molecule has 0 unspecified atom stereocenters. The van der Waals surface area contributed by atoms with Gasteiger partial charge < -0.3 is 9.32 Å². The highest BCUT2D eigenvalue weighted by molar-refractivity contribution is 5.80. The van der Waals surface area contributed by atoms with Crippen molar-refractivity contribution in [1.29, 1.82) is 0 Å². The molecule has 182 valence electrons. The number of aromatic nitrogens is 3. The molecule has 7 heteroatoms. The summed E-state index contributed by atoms with van der Waals surface area (Å²) in [4.78, 5) is 18.5. The molecule has 0 saturated carbocycles. The van der Waals surface area contributed by atoms with Gasteiger partial charge in [-0.05, 0) is 42.5 Å². The molecule has 0 atom stereocenters. The summed E-state index contributed by atoms with van der Waals surface area (Å²) in [6, 6.07) is 24.4. The Bertz CT molecular complexity index is 1440. The summed E-state index contributed by atoms with van der Waals surface area (Å²) in [5.74, 6) is 0.783. The van der Waals surface area contributed by atoms with Crippen molar-refractivity contribution in [3.8, 4) is 11.5 Å². The number of likely N-dealkylation sites (N-methyl/N-ethyl adjacent to an activating group) is 1. The molecule has 3 heterocycles. The quantitative estimate of drug-likeness (QED) is 0.249. The van der Waals surface area contributed by atoms with Gasteiger partial charge in [0, 0.05) is 63.4 Å². The number of rotatable bonds is 8. The van der Waals surface area contributed by atoms with Crippen molar-refractivity contribution in [2.75, 3.05) is 39.1 Å². The van der Waals surface area contributed by atoms with Crippen molar-refractivity contribution < 1.29 is 4.42 Å². The Kier molecular flexibility index (Phi) is 7.00. The van der Waals surface area contributed by atoms with E-state index in [4.69, 9.17) is 9.40 Å². The first kappa shape index (κ1) is 23.6. The highest BCUT2D eigenvalue weighted by atomic mass is 16.3. The molecule has 0 N–H and O–H groups in total. The fourth-order valence-corrected chi connectivity index (χ4v) is 4.19. The molecule has 2 aliphatic rings. The van der Waals surface area contributed by atoms with Gasteiger partial charge in [-0.1, -0.05) is 12.1 Å². The average Bonchev–Trinajstić information content (AvgIpc) is 2.91. The number of nitrogens with zero attached hydrogens (tertiary/aromatic N) is 6. The van der Waals surface area contributed by atoms with Crippen LogP contribution >= 0.6 is 0 Å². The maximum absolute atomic E-state index is 6.27. The van der Waals surface area contributed by atoms with Gasteiger partial charge in [-0.2, -0.15) is 0 Å². The number of hydrogen-bond acceptors (Lipinski definition) is 6. The van der Waals surface area contributed by atoms with Gasteiger partial charge in [0.05, 0.1) is 17.5 Å². The van der Waals surface area contributed by atoms with Crippen LogP contribution in [0.3, 0.4) is 0 Å². The largest absolute Gasteiger partial charge is 0.452 e. The second-order valence-electron chi connectivity index (χ2n) is 9.19. The molecule has 0 radical (unpaired) electrons. The van der Waals surface area contributed by atoms with E-state index in [1.54, 1.807) is 0 Å². The lowest BCUT2D eigenvalue weighted by molar-refractivity contribution is 0.257. The van der Waals surface area contributed by atoms with Crippen LogP contribution in [-0.2, 0) is 13.1 Å². The molecule has 7 nitrogen and oxygen atoms in total.